The van der Waals surface area contributed by atoms with Crippen LogP contribution in [0.5, 0.6) is 0 Å². The lowest BCUT2D eigenvalue weighted by Crippen LogP contribution is -2.38. The van der Waals surface area contributed by atoms with E-state index in [1.807, 2.05) is 6.92 Å². The van der Waals surface area contributed by atoms with E-state index in [0.29, 0.717) is 6.42 Å². The van der Waals surface area contributed by atoms with E-state index in [2.05, 4.69) is 0 Å². The molecule has 0 N–H and O–H groups in total. The summed E-state index contributed by atoms with van der Waals surface area (Å²) < 4.78 is 21.7. The van der Waals surface area contributed by atoms with Crippen molar-refractivity contribution >= 4 is 41.8 Å². The van der Waals surface area contributed by atoms with Gasteiger partial charge in [0.1, 0.15) is 5.60 Å². The summed E-state index contributed by atoms with van der Waals surface area (Å²) in [6.07, 6.45) is 0.606. The number of benzene rings is 1. The predicted octanol–water partition coefficient (Wildman–Crippen LogP) is 4.49. The van der Waals surface area contributed by atoms with Crippen LogP contribution in [0.3, 0.4) is 0 Å². The van der Waals surface area contributed by atoms with Crippen molar-refractivity contribution in [3.63, 3.8) is 0 Å². The summed E-state index contributed by atoms with van der Waals surface area (Å²) >= 11 is 12.3. The quantitative estimate of drug-likeness (QED) is 0.422. The van der Waals surface area contributed by atoms with Gasteiger partial charge < -0.3 is 9.26 Å². The first-order valence-corrected chi connectivity index (χ1v) is 9.34. The summed E-state index contributed by atoms with van der Waals surface area (Å²) in [7, 11) is -3.88. The molecule has 0 saturated heterocycles. The molecule has 0 bridgehead atoms. The highest BCUT2D eigenvalue weighted by molar-refractivity contribution is 7.73. The summed E-state index contributed by atoms with van der Waals surface area (Å²) in [5.41, 5.74) is -0.807. The lowest BCUT2D eigenvalue weighted by molar-refractivity contribution is -0.153. The molecule has 0 heterocycles. The van der Waals surface area contributed by atoms with Crippen LogP contribution >= 0.6 is 30.6 Å². The second kappa shape index (κ2) is 7.35. The van der Waals surface area contributed by atoms with Gasteiger partial charge in [-0.2, -0.15) is 0 Å². The van der Waals surface area contributed by atoms with Crippen molar-refractivity contribution < 1.29 is 18.6 Å². The first kappa shape index (κ1) is 19.5. The number of rotatable bonds is 6. The molecule has 7 heteroatoms. The van der Waals surface area contributed by atoms with Crippen LogP contribution in [0.1, 0.15) is 34.1 Å². The molecule has 1 rings (SSSR count). The van der Waals surface area contributed by atoms with Crippen molar-refractivity contribution in [2.45, 2.75) is 43.8 Å². The topological polar surface area (TPSA) is 52.6 Å². The van der Waals surface area contributed by atoms with Gasteiger partial charge in [0.05, 0.1) is 6.61 Å². The summed E-state index contributed by atoms with van der Waals surface area (Å²) in [6.45, 7) is 7.04. The molecule has 4 nitrogen and oxygen atoms in total. The Hall–Kier alpha value is -0.540. The van der Waals surface area contributed by atoms with Crippen LogP contribution in [0, 0.1) is 0 Å². The minimum Gasteiger partial charge on any atom is -0.457 e. The molecule has 1 aromatic carbocycles. The Morgan fingerprint density at radius 3 is 2.18 bits per heavy atom. The number of carbonyl (C=O) groups is 1. The highest BCUT2D eigenvalue weighted by Crippen LogP contribution is 2.63. The lowest BCUT2D eigenvalue weighted by Gasteiger charge is -2.31. The van der Waals surface area contributed by atoms with E-state index >= 15 is 0 Å². The number of alkyl halides is 2. The van der Waals surface area contributed by atoms with E-state index in [4.69, 9.17) is 32.5 Å². The Labute approximate surface area is 141 Å². The molecule has 0 fully saturated rings. The number of halogens is 2. The van der Waals surface area contributed by atoms with Crippen molar-refractivity contribution in [2.24, 2.45) is 0 Å². The third-order valence-electron chi connectivity index (χ3n) is 2.59. The molecule has 1 atom stereocenters. The minimum absolute atomic E-state index is 0.163. The minimum atomic E-state index is -3.88. The zero-order valence-electron chi connectivity index (χ0n) is 13.1. The van der Waals surface area contributed by atoms with E-state index in [1.165, 1.54) is 0 Å². The zero-order valence-corrected chi connectivity index (χ0v) is 15.5. The van der Waals surface area contributed by atoms with Crippen LogP contribution in [-0.2, 0) is 18.6 Å². The third kappa shape index (κ3) is 4.48. The van der Waals surface area contributed by atoms with Crippen molar-refractivity contribution in [1.29, 1.82) is 0 Å². The van der Waals surface area contributed by atoms with Gasteiger partial charge in [-0.25, -0.2) is 4.79 Å². The van der Waals surface area contributed by atoms with E-state index in [-0.39, 0.29) is 11.9 Å². The fourth-order valence-corrected chi connectivity index (χ4v) is 4.50. The maximum Gasteiger partial charge on any atom is 0.353 e. The van der Waals surface area contributed by atoms with Crippen LogP contribution in [0.2, 0.25) is 0 Å². The van der Waals surface area contributed by atoms with Gasteiger partial charge in [0.2, 0.25) is 0 Å². The molecule has 1 unspecified atom stereocenters. The molecule has 0 aliphatic rings. The summed E-state index contributed by atoms with van der Waals surface area (Å²) in [5, 5.41) is 0.277. The average Bonchev–Trinajstić information content (AvgIpc) is 2.43. The van der Waals surface area contributed by atoms with Crippen molar-refractivity contribution in [2.75, 3.05) is 6.61 Å². The molecule has 1 aromatic rings. The number of esters is 1. The molecule has 0 radical (unpaired) electrons. The second-order valence-electron chi connectivity index (χ2n) is 5.76. The van der Waals surface area contributed by atoms with Crippen LogP contribution in [-0.4, -0.2) is 22.3 Å². The Kier molecular flexibility index (Phi) is 6.52. The Balaban J connectivity index is 3.26. The summed E-state index contributed by atoms with van der Waals surface area (Å²) in [5.74, 6) is -0.980. The Morgan fingerprint density at radius 2 is 1.73 bits per heavy atom. The maximum absolute atomic E-state index is 13.3. The zero-order chi connectivity index (χ0) is 17.0. The van der Waals surface area contributed by atoms with Crippen molar-refractivity contribution in [1.82, 2.24) is 0 Å². The molecule has 0 aliphatic carbocycles. The average molecular weight is 367 g/mol. The van der Waals surface area contributed by atoms with Crippen LogP contribution in [0.4, 0.5) is 0 Å². The van der Waals surface area contributed by atoms with Gasteiger partial charge >= 0.3 is 5.97 Å². The van der Waals surface area contributed by atoms with Gasteiger partial charge in [0.25, 0.3) is 11.4 Å². The summed E-state index contributed by atoms with van der Waals surface area (Å²) in [6, 6.07) is 8.25. The van der Waals surface area contributed by atoms with Crippen molar-refractivity contribution in [3.8, 4) is 0 Å². The molecule has 0 aromatic heterocycles. The fraction of sp³-hybridized carbons (Fsp3) is 0.533. The van der Waals surface area contributed by atoms with Gasteiger partial charge in [-0.05, 0) is 39.3 Å². The van der Waals surface area contributed by atoms with E-state index in [9.17, 15) is 9.36 Å². The molecule has 22 heavy (non-hydrogen) atoms. The monoisotopic (exact) mass is 366 g/mol. The smallest absolute Gasteiger partial charge is 0.353 e. The van der Waals surface area contributed by atoms with Crippen molar-refractivity contribution in [3.05, 3.63) is 30.3 Å². The maximum atomic E-state index is 13.3. The van der Waals surface area contributed by atoms with Crippen LogP contribution in [0.15, 0.2) is 30.3 Å². The number of carbonyl (C=O) groups excluding carboxylic acids is 1. The SMILES string of the molecule is CCCOP(=O)(c1ccccc1)C(Cl)(Cl)C(=O)OC(C)(C)C. The van der Waals surface area contributed by atoms with Crippen LogP contribution in [0.25, 0.3) is 0 Å². The number of hydrogen-bond donors (Lipinski definition) is 0. The van der Waals surface area contributed by atoms with Gasteiger partial charge in [-0.15, -0.1) is 0 Å². The van der Waals surface area contributed by atoms with Crippen LogP contribution < -0.4 is 5.30 Å². The number of ether oxygens (including phenoxy) is 1. The molecule has 0 aliphatic heterocycles. The molecule has 0 amide bonds. The lowest BCUT2D eigenvalue weighted by atomic mass is 10.2. The largest absolute Gasteiger partial charge is 0.457 e. The molecular formula is C15H21Cl2O4P. The Bertz CT molecular complexity index is 552. The standard InChI is InChI=1S/C15H21Cl2O4P/c1-5-11-20-22(19,12-9-7-6-8-10-12)15(16,17)13(18)21-14(2,3)4/h6-10H,5,11H2,1-4H3. The first-order valence-electron chi connectivity index (χ1n) is 6.96. The number of hydrogen-bond acceptors (Lipinski definition) is 4. The third-order valence-corrected chi connectivity index (χ3v) is 6.68. The fourth-order valence-electron chi connectivity index (χ4n) is 1.62. The van der Waals surface area contributed by atoms with Gasteiger partial charge in [0.15, 0.2) is 0 Å². The predicted molar refractivity (Wildman–Crippen MR) is 90.2 cm³/mol. The molecule has 0 saturated carbocycles. The molecule has 0 spiro atoms. The van der Waals surface area contributed by atoms with E-state index in [1.54, 1.807) is 51.1 Å². The van der Waals surface area contributed by atoms with E-state index < -0.39 is 23.0 Å². The van der Waals surface area contributed by atoms with Gasteiger partial charge in [0, 0.05) is 5.30 Å². The van der Waals surface area contributed by atoms with Gasteiger partial charge in [-0.1, -0.05) is 48.3 Å². The molecular weight excluding hydrogens is 346 g/mol. The summed E-state index contributed by atoms with van der Waals surface area (Å²) in [4.78, 5) is 12.3. The highest BCUT2D eigenvalue weighted by Gasteiger charge is 2.56. The Morgan fingerprint density at radius 1 is 1.18 bits per heavy atom. The molecule has 124 valence electrons. The second-order valence-corrected chi connectivity index (χ2v) is 10.2. The van der Waals surface area contributed by atoms with E-state index in [0.717, 1.165) is 0 Å². The normalized spacial score (nSPS) is 15.2. The first-order chi connectivity index (χ1) is 10.0. The van der Waals surface area contributed by atoms with Gasteiger partial charge in [-0.3, -0.25) is 4.57 Å². The highest BCUT2D eigenvalue weighted by atomic mass is 35.5.